The lowest BCUT2D eigenvalue weighted by atomic mass is 9.91. The van der Waals surface area contributed by atoms with Crippen molar-refractivity contribution in [1.82, 2.24) is 0 Å². The maximum absolute atomic E-state index is 5.00. The number of rotatable bonds is 3. The molecule has 0 aromatic heterocycles. The van der Waals surface area contributed by atoms with Crippen LogP contribution in [0.25, 0.3) is 0 Å². The van der Waals surface area contributed by atoms with E-state index in [0.29, 0.717) is 10.2 Å². The zero-order valence-corrected chi connectivity index (χ0v) is 8.86. The number of halogens is 1. The number of alkyl halides is 1. The number of methoxy groups -OCH3 is 1. The van der Waals surface area contributed by atoms with Gasteiger partial charge < -0.3 is 4.74 Å². The first-order valence-electron chi connectivity index (χ1n) is 3.59. The largest absolute Gasteiger partial charge is 0.384 e. The van der Waals surface area contributed by atoms with Gasteiger partial charge in [-0.15, -0.1) is 0 Å². The van der Waals surface area contributed by atoms with E-state index in [1.165, 1.54) is 0 Å². The van der Waals surface area contributed by atoms with Crippen LogP contribution in [0.5, 0.6) is 0 Å². The second-order valence-electron chi connectivity index (χ2n) is 3.82. The third kappa shape index (κ3) is 6.56. The maximum Gasteiger partial charge on any atom is 0.0587 e. The summed E-state index contributed by atoms with van der Waals surface area (Å²) < 4.78 is 5.00. The predicted octanol–water partition coefficient (Wildman–Crippen LogP) is 2.83. The Balaban J connectivity index is 3.47. The minimum absolute atomic E-state index is 0.396. The van der Waals surface area contributed by atoms with Gasteiger partial charge in [-0.25, -0.2) is 0 Å². The fourth-order valence-electron chi connectivity index (χ4n) is 0.904. The number of hydrogen-bond acceptors (Lipinski definition) is 1. The van der Waals surface area contributed by atoms with Crippen molar-refractivity contribution < 1.29 is 4.74 Å². The molecule has 0 radical (unpaired) electrons. The van der Waals surface area contributed by atoms with E-state index in [4.69, 9.17) is 4.74 Å². The second-order valence-corrected chi connectivity index (χ2v) is 5.11. The van der Waals surface area contributed by atoms with Gasteiger partial charge in [0, 0.05) is 11.9 Å². The maximum atomic E-state index is 5.00. The van der Waals surface area contributed by atoms with Crippen LogP contribution in [-0.4, -0.2) is 18.5 Å². The van der Waals surface area contributed by atoms with Crippen molar-refractivity contribution in [1.29, 1.82) is 0 Å². The van der Waals surface area contributed by atoms with E-state index in [1.54, 1.807) is 7.11 Å². The van der Waals surface area contributed by atoms with Gasteiger partial charge in [0.2, 0.25) is 0 Å². The lowest BCUT2D eigenvalue weighted by Crippen LogP contribution is -2.16. The Morgan fingerprint density at radius 2 is 1.90 bits per heavy atom. The monoisotopic (exact) mass is 208 g/mol. The van der Waals surface area contributed by atoms with Crippen LogP contribution < -0.4 is 0 Å². The molecule has 0 bridgehead atoms. The zero-order valence-electron chi connectivity index (χ0n) is 7.28. The van der Waals surface area contributed by atoms with Crippen molar-refractivity contribution in [2.24, 2.45) is 5.41 Å². The van der Waals surface area contributed by atoms with Crippen LogP contribution >= 0.6 is 15.9 Å². The van der Waals surface area contributed by atoms with E-state index in [2.05, 4.69) is 36.7 Å². The summed E-state index contributed by atoms with van der Waals surface area (Å²) in [5.74, 6) is 0. The van der Waals surface area contributed by atoms with Crippen LogP contribution in [0.3, 0.4) is 0 Å². The van der Waals surface area contributed by atoms with Crippen LogP contribution in [0.4, 0.5) is 0 Å². The van der Waals surface area contributed by atoms with Gasteiger partial charge in [0.1, 0.15) is 0 Å². The molecule has 10 heavy (non-hydrogen) atoms. The normalized spacial score (nSPS) is 15.3. The molecule has 0 amide bonds. The van der Waals surface area contributed by atoms with E-state index >= 15 is 0 Å². The van der Waals surface area contributed by atoms with Gasteiger partial charge in [-0.3, -0.25) is 0 Å². The predicted molar refractivity (Wildman–Crippen MR) is 48.7 cm³/mol. The Kier molecular flexibility index (Phi) is 4.54. The van der Waals surface area contributed by atoms with Crippen molar-refractivity contribution >= 4 is 15.9 Å². The molecule has 0 spiro atoms. The Bertz CT molecular complexity index is 85.7. The number of hydrogen-bond donors (Lipinski definition) is 0. The quantitative estimate of drug-likeness (QED) is 0.649. The van der Waals surface area contributed by atoms with E-state index in [1.807, 2.05) is 0 Å². The first-order chi connectivity index (χ1) is 4.45. The van der Waals surface area contributed by atoms with E-state index in [0.717, 1.165) is 13.0 Å². The number of ether oxygens (including phenoxy) is 1. The highest BCUT2D eigenvalue weighted by Gasteiger charge is 2.15. The highest BCUT2D eigenvalue weighted by Crippen LogP contribution is 2.24. The van der Waals surface area contributed by atoms with Crippen LogP contribution in [0.15, 0.2) is 0 Å². The molecular formula is C8H17BrO. The molecule has 0 saturated heterocycles. The minimum Gasteiger partial charge on any atom is -0.384 e. The first kappa shape index (κ1) is 10.4. The van der Waals surface area contributed by atoms with Gasteiger partial charge in [0.15, 0.2) is 0 Å². The first-order valence-corrected chi connectivity index (χ1v) is 4.50. The Morgan fingerprint density at radius 3 is 2.20 bits per heavy atom. The molecule has 0 rings (SSSR count). The molecular weight excluding hydrogens is 192 g/mol. The minimum atomic E-state index is 0.396. The van der Waals surface area contributed by atoms with Gasteiger partial charge in [-0.05, 0) is 11.8 Å². The lowest BCUT2D eigenvalue weighted by molar-refractivity contribution is 0.186. The highest BCUT2D eigenvalue weighted by atomic mass is 79.9. The summed E-state index contributed by atoms with van der Waals surface area (Å²) in [4.78, 5) is 0.498. The average molecular weight is 209 g/mol. The van der Waals surface area contributed by atoms with E-state index < -0.39 is 0 Å². The average Bonchev–Trinajstić information content (AvgIpc) is 1.59. The molecule has 0 heterocycles. The molecule has 62 valence electrons. The third-order valence-corrected chi connectivity index (χ3v) is 1.77. The fraction of sp³-hybridized carbons (Fsp3) is 1.00. The van der Waals surface area contributed by atoms with Crippen LogP contribution in [0, 0.1) is 5.41 Å². The highest BCUT2D eigenvalue weighted by molar-refractivity contribution is 9.09. The van der Waals surface area contributed by atoms with Gasteiger partial charge in [0.25, 0.3) is 0 Å². The van der Waals surface area contributed by atoms with Crippen LogP contribution in [-0.2, 0) is 4.74 Å². The van der Waals surface area contributed by atoms with Gasteiger partial charge in [-0.1, -0.05) is 36.7 Å². The molecule has 1 unspecified atom stereocenters. The zero-order chi connectivity index (χ0) is 8.20. The van der Waals surface area contributed by atoms with Crippen molar-refractivity contribution in [3.8, 4) is 0 Å². The van der Waals surface area contributed by atoms with Gasteiger partial charge in [-0.2, -0.15) is 0 Å². The van der Waals surface area contributed by atoms with Crippen molar-refractivity contribution in [2.75, 3.05) is 13.7 Å². The summed E-state index contributed by atoms with van der Waals surface area (Å²) in [7, 11) is 1.73. The molecule has 0 aliphatic heterocycles. The molecule has 0 N–H and O–H groups in total. The topological polar surface area (TPSA) is 9.23 Å². The van der Waals surface area contributed by atoms with Gasteiger partial charge >= 0.3 is 0 Å². The summed E-state index contributed by atoms with van der Waals surface area (Å²) in [5, 5.41) is 0. The molecule has 0 aromatic rings. The Labute approximate surface area is 72.3 Å². The SMILES string of the molecule is COCC(Br)CC(C)(C)C. The van der Waals surface area contributed by atoms with E-state index in [-0.39, 0.29) is 0 Å². The summed E-state index contributed by atoms with van der Waals surface area (Å²) in [6.07, 6.45) is 1.15. The van der Waals surface area contributed by atoms with Crippen molar-refractivity contribution in [3.63, 3.8) is 0 Å². The molecule has 0 saturated carbocycles. The summed E-state index contributed by atoms with van der Waals surface area (Å²) in [6, 6.07) is 0. The summed E-state index contributed by atoms with van der Waals surface area (Å²) in [6.45, 7) is 7.50. The van der Waals surface area contributed by atoms with Crippen molar-refractivity contribution in [2.45, 2.75) is 32.0 Å². The third-order valence-electron chi connectivity index (χ3n) is 1.18. The molecule has 0 aliphatic carbocycles. The molecule has 0 aliphatic rings. The molecule has 2 heteroatoms. The van der Waals surface area contributed by atoms with Crippen molar-refractivity contribution in [3.05, 3.63) is 0 Å². The standard InChI is InChI=1S/C8H17BrO/c1-8(2,3)5-7(9)6-10-4/h7H,5-6H2,1-4H3. The molecule has 0 aromatic carbocycles. The van der Waals surface area contributed by atoms with Crippen LogP contribution in [0.2, 0.25) is 0 Å². The molecule has 1 nitrogen and oxygen atoms in total. The lowest BCUT2D eigenvalue weighted by Gasteiger charge is -2.21. The Hall–Kier alpha value is 0.440. The van der Waals surface area contributed by atoms with Crippen LogP contribution in [0.1, 0.15) is 27.2 Å². The van der Waals surface area contributed by atoms with Gasteiger partial charge in [0.05, 0.1) is 6.61 Å². The smallest absolute Gasteiger partial charge is 0.0587 e. The summed E-state index contributed by atoms with van der Waals surface area (Å²) >= 11 is 3.55. The van der Waals surface area contributed by atoms with E-state index in [9.17, 15) is 0 Å². The second kappa shape index (κ2) is 4.35. The Morgan fingerprint density at radius 1 is 1.40 bits per heavy atom. The molecule has 1 atom stereocenters. The summed E-state index contributed by atoms with van der Waals surface area (Å²) in [5.41, 5.74) is 0.396. The molecule has 0 fully saturated rings. The fourth-order valence-corrected chi connectivity index (χ4v) is 2.14.